The number of alkyl carbamates (subject to hydrolysis) is 1. The van der Waals surface area contributed by atoms with Gasteiger partial charge in [-0.25, -0.2) is 14.6 Å². The number of carboxylic acid groups (broad SMARTS) is 2. The number of carbonyl (C=O) groups is 3. The van der Waals surface area contributed by atoms with Gasteiger partial charge in [0.1, 0.15) is 16.9 Å². The van der Waals surface area contributed by atoms with Crippen LogP contribution in [0.15, 0.2) is 34.9 Å². The quantitative estimate of drug-likeness (QED) is 0.243. The van der Waals surface area contributed by atoms with Gasteiger partial charge in [0.2, 0.25) is 5.89 Å². The maximum Gasteiger partial charge on any atom is 0.408 e. The number of hydrogen-bond donors (Lipinski definition) is 4. The lowest BCUT2D eigenvalue weighted by molar-refractivity contribution is -0.151. The Kier molecular flexibility index (Phi) is 9.12. The number of benzene rings is 1. The van der Waals surface area contributed by atoms with Gasteiger partial charge in [-0.05, 0) is 77.8 Å². The average molecular weight is 622 g/mol. The van der Waals surface area contributed by atoms with Crippen molar-refractivity contribution in [2.45, 2.75) is 84.1 Å². The molecule has 1 fully saturated rings. The van der Waals surface area contributed by atoms with E-state index in [1.54, 1.807) is 27.7 Å². The van der Waals surface area contributed by atoms with E-state index < -0.39 is 47.2 Å². The Morgan fingerprint density at radius 3 is 2.48 bits per heavy atom. The van der Waals surface area contributed by atoms with Crippen LogP contribution in [0.5, 0.6) is 11.5 Å². The predicted molar refractivity (Wildman–Crippen MR) is 151 cm³/mol. The fourth-order valence-electron chi connectivity index (χ4n) is 4.82. The smallest absolute Gasteiger partial charge is 0.408 e. The van der Waals surface area contributed by atoms with Crippen LogP contribution in [0.2, 0.25) is 0 Å². The molecule has 1 saturated carbocycles. The van der Waals surface area contributed by atoms with Crippen molar-refractivity contribution in [2.75, 3.05) is 6.61 Å². The second kappa shape index (κ2) is 12.3. The van der Waals surface area contributed by atoms with Crippen molar-refractivity contribution in [3.05, 3.63) is 41.9 Å². The van der Waals surface area contributed by atoms with E-state index in [2.05, 4.69) is 20.4 Å². The van der Waals surface area contributed by atoms with E-state index in [9.17, 15) is 33.4 Å². The Bertz CT molecular complexity index is 1430. The SMILES string of the molecule is CC(NC(=O)OC(C)(C)C)c1oc(-c2ccc(OC(F)F)c(OCC3CC3)c2)nc1C[C@]1(C(=O)O)CC(C)(C(=O)O)C=CN1. The molecule has 0 saturated heterocycles. The van der Waals surface area contributed by atoms with Crippen molar-refractivity contribution in [3.8, 4) is 23.0 Å². The molecule has 1 aliphatic heterocycles. The first-order valence-corrected chi connectivity index (χ1v) is 14.1. The summed E-state index contributed by atoms with van der Waals surface area (Å²) >= 11 is 0. The lowest BCUT2D eigenvalue weighted by Gasteiger charge is -2.39. The highest BCUT2D eigenvalue weighted by atomic mass is 19.3. The molecule has 1 aliphatic carbocycles. The lowest BCUT2D eigenvalue weighted by atomic mass is 9.72. The van der Waals surface area contributed by atoms with E-state index in [0.29, 0.717) is 18.1 Å². The third-order valence-electron chi connectivity index (χ3n) is 7.28. The number of nitrogens with one attached hydrogen (secondary N) is 2. The van der Waals surface area contributed by atoms with E-state index in [4.69, 9.17) is 13.9 Å². The number of nitrogens with zero attached hydrogens (tertiary/aromatic N) is 1. The number of hydrogen-bond acceptors (Lipinski definition) is 9. The summed E-state index contributed by atoms with van der Waals surface area (Å²) in [7, 11) is 0. The van der Waals surface area contributed by atoms with E-state index in [1.807, 2.05) is 0 Å². The van der Waals surface area contributed by atoms with E-state index in [0.717, 1.165) is 12.8 Å². The van der Waals surface area contributed by atoms with Gasteiger partial charge in [0.25, 0.3) is 0 Å². The normalized spacial score (nSPS) is 22.2. The number of oxazole rings is 1. The summed E-state index contributed by atoms with van der Waals surface area (Å²) < 4.78 is 48.0. The maximum atomic E-state index is 13.1. The van der Waals surface area contributed by atoms with Crippen LogP contribution in [0.4, 0.5) is 13.6 Å². The molecular weight excluding hydrogens is 584 g/mol. The molecule has 0 spiro atoms. The third-order valence-corrected chi connectivity index (χ3v) is 7.28. The fourth-order valence-corrected chi connectivity index (χ4v) is 4.82. The zero-order valence-corrected chi connectivity index (χ0v) is 25.1. The van der Waals surface area contributed by atoms with Gasteiger partial charge in [0.15, 0.2) is 11.5 Å². The average Bonchev–Trinajstić information content (AvgIpc) is 3.64. The minimum Gasteiger partial charge on any atom is -0.489 e. The van der Waals surface area contributed by atoms with Crippen LogP contribution in [0.25, 0.3) is 11.5 Å². The van der Waals surface area contributed by atoms with Gasteiger partial charge in [-0.15, -0.1) is 0 Å². The summed E-state index contributed by atoms with van der Waals surface area (Å²) in [4.78, 5) is 41.8. The van der Waals surface area contributed by atoms with Gasteiger partial charge >= 0.3 is 24.6 Å². The van der Waals surface area contributed by atoms with Crippen LogP contribution in [-0.4, -0.2) is 57.6 Å². The summed E-state index contributed by atoms with van der Waals surface area (Å²) in [5.41, 5.74) is -3.67. The number of amides is 1. The number of ether oxygens (including phenoxy) is 3. The summed E-state index contributed by atoms with van der Waals surface area (Å²) in [6.45, 7) is 5.31. The van der Waals surface area contributed by atoms with E-state index >= 15 is 0 Å². The standard InChI is InChI=1S/C30H37F2N3O9/c1-16(34-27(40)44-28(2,3)4)22-19(13-30(25(38)39)15-29(5,24(36)37)10-11-33-30)35-23(43-22)18-8-9-20(42-26(31)32)21(12-18)41-14-17-6-7-17/h8-12,16-17,26,33H,6-7,13-15H2,1-5H3,(H,34,40)(H,36,37)(H,38,39)/t16?,29?,30-/m1/s1. The van der Waals surface area contributed by atoms with Crippen molar-refractivity contribution in [1.29, 1.82) is 0 Å². The zero-order valence-electron chi connectivity index (χ0n) is 25.1. The summed E-state index contributed by atoms with van der Waals surface area (Å²) in [5.74, 6) is -2.25. The highest BCUT2D eigenvalue weighted by Crippen LogP contribution is 2.40. The van der Waals surface area contributed by atoms with Gasteiger partial charge in [0.05, 0.1) is 23.8 Å². The van der Waals surface area contributed by atoms with E-state index in [1.165, 1.54) is 37.4 Å². The predicted octanol–water partition coefficient (Wildman–Crippen LogP) is 5.28. The van der Waals surface area contributed by atoms with Crippen LogP contribution in [0, 0.1) is 11.3 Å². The van der Waals surface area contributed by atoms with Crippen molar-refractivity contribution in [1.82, 2.24) is 15.6 Å². The fraction of sp³-hybridized carbons (Fsp3) is 0.533. The van der Waals surface area contributed by atoms with Crippen molar-refractivity contribution in [3.63, 3.8) is 0 Å². The molecule has 44 heavy (non-hydrogen) atoms. The zero-order chi connectivity index (χ0) is 32.4. The second-order valence-electron chi connectivity index (χ2n) is 12.4. The maximum absolute atomic E-state index is 13.1. The monoisotopic (exact) mass is 621 g/mol. The Morgan fingerprint density at radius 1 is 1.18 bits per heavy atom. The van der Waals surface area contributed by atoms with Gasteiger partial charge in [0, 0.05) is 18.4 Å². The molecule has 12 nitrogen and oxygen atoms in total. The first-order chi connectivity index (χ1) is 20.5. The molecule has 14 heteroatoms. The molecule has 2 aromatic rings. The third kappa shape index (κ3) is 7.77. The number of halogens is 2. The number of rotatable bonds is 12. The number of carbonyl (C=O) groups excluding carboxylic acids is 1. The van der Waals surface area contributed by atoms with E-state index in [-0.39, 0.29) is 41.7 Å². The van der Waals surface area contributed by atoms with Crippen LogP contribution in [0.3, 0.4) is 0 Å². The Hall–Kier alpha value is -4.36. The molecule has 1 aromatic heterocycles. The van der Waals surface area contributed by atoms with Crippen molar-refractivity contribution >= 4 is 18.0 Å². The molecule has 0 radical (unpaired) electrons. The Labute approximate surface area is 252 Å². The highest BCUT2D eigenvalue weighted by Gasteiger charge is 2.50. The van der Waals surface area contributed by atoms with Gasteiger partial charge < -0.3 is 39.5 Å². The van der Waals surface area contributed by atoms with Crippen molar-refractivity contribution in [2.24, 2.45) is 11.3 Å². The second-order valence-corrected chi connectivity index (χ2v) is 12.4. The summed E-state index contributed by atoms with van der Waals surface area (Å²) in [5, 5.41) is 25.6. The summed E-state index contributed by atoms with van der Waals surface area (Å²) in [6.07, 6.45) is 3.19. The van der Waals surface area contributed by atoms with Gasteiger partial charge in [-0.1, -0.05) is 6.08 Å². The van der Waals surface area contributed by atoms with Crippen LogP contribution >= 0.6 is 0 Å². The molecule has 4 rings (SSSR count). The molecule has 1 amide bonds. The first kappa shape index (κ1) is 32.6. The Morgan fingerprint density at radius 2 is 1.89 bits per heavy atom. The van der Waals surface area contributed by atoms with Crippen molar-refractivity contribution < 1.29 is 52.0 Å². The molecular formula is C30H37F2N3O9. The molecule has 1 aromatic carbocycles. The summed E-state index contributed by atoms with van der Waals surface area (Å²) in [6, 6.07) is 3.29. The molecule has 240 valence electrons. The van der Waals surface area contributed by atoms with Crippen LogP contribution < -0.4 is 20.1 Å². The molecule has 2 unspecified atom stereocenters. The largest absolute Gasteiger partial charge is 0.489 e. The number of carboxylic acids is 2. The lowest BCUT2D eigenvalue weighted by Crippen LogP contribution is -2.57. The minimum atomic E-state index is -3.08. The molecule has 2 aliphatic rings. The molecule has 3 atom stereocenters. The molecule has 0 bridgehead atoms. The highest BCUT2D eigenvalue weighted by molar-refractivity contribution is 5.84. The molecule has 2 heterocycles. The number of aliphatic carboxylic acids is 2. The minimum absolute atomic E-state index is 0.0133. The first-order valence-electron chi connectivity index (χ1n) is 14.1. The van der Waals surface area contributed by atoms with Crippen LogP contribution in [-0.2, 0) is 20.7 Å². The van der Waals surface area contributed by atoms with Gasteiger partial charge in [-0.3, -0.25) is 4.79 Å². The van der Waals surface area contributed by atoms with Crippen LogP contribution in [0.1, 0.15) is 71.4 Å². The number of alkyl halides is 2. The van der Waals surface area contributed by atoms with Gasteiger partial charge in [-0.2, -0.15) is 8.78 Å². The molecule has 4 N–H and O–H groups in total. The topological polar surface area (TPSA) is 169 Å². The number of aromatic nitrogens is 1. The Balaban J connectivity index is 1.75.